The van der Waals surface area contributed by atoms with Crippen LogP contribution in [0.3, 0.4) is 0 Å². The molecule has 0 radical (unpaired) electrons. The topological polar surface area (TPSA) is 29.3 Å². The molecular formula is C11H16N2. The Labute approximate surface area is 79.4 Å². The van der Waals surface area contributed by atoms with Gasteiger partial charge in [0, 0.05) is 24.8 Å². The highest BCUT2D eigenvalue weighted by atomic mass is 15.2. The quantitative estimate of drug-likeness (QED) is 0.703. The van der Waals surface area contributed by atoms with E-state index in [-0.39, 0.29) is 0 Å². The van der Waals surface area contributed by atoms with Crippen molar-refractivity contribution in [2.75, 3.05) is 18.0 Å². The van der Waals surface area contributed by atoms with Gasteiger partial charge in [0.2, 0.25) is 0 Å². The van der Waals surface area contributed by atoms with Crippen LogP contribution in [-0.2, 0) is 0 Å². The Hall–Kier alpha value is -1.02. The lowest BCUT2D eigenvalue weighted by Crippen LogP contribution is -2.26. The second-order valence-electron chi connectivity index (χ2n) is 3.83. The maximum atomic E-state index is 5.86. The maximum Gasteiger partial charge on any atom is 0.0369 e. The summed E-state index contributed by atoms with van der Waals surface area (Å²) >= 11 is 0. The normalized spacial score (nSPS) is 22.3. The first-order chi connectivity index (χ1) is 6.25. The van der Waals surface area contributed by atoms with Gasteiger partial charge in [-0.25, -0.2) is 0 Å². The molecule has 1 aromatic rings. The molecule has 0 amide bonds. The lowest BCUT2D eigenvalue weighted by molar-refractivity contribution is 0.752. The van der Waals surface area contributed by atoms with Crippen molar-refractivity contribution in [3.63, 3.8) is 0 Å². The number of aryl methyl sites for hydroxylation is 1. The monoisotopic (exact) mass is 176 g/mol. The smallest absolute Gasteiger partial charge is 0.0369 e. The predicted molar refractivity (Wildman–Crippen MR) is 56.0 cm³/mol. The first-order valence-electron chi connectivity index (χ1n) is 4.83. The lowest BCUT2D eigenvalue weighted by Gasteiger charge is -2.18. The number of anilines is 1. The molecule has 2 nitrogen and oxygen atoms in total. The van der Waals surface area contributed by atoms with E-state index in [2.05, 4.69) is 36.1 Å². The summed E-state index contributed by atoms with van der Waals surface area (Å²) in [5.41, 5.74) is 8.49. The second kappa shape index (κ2) is 3.38. The Balaban J connectivity index is 2.16. The molecule has 0 bridgehead atoms. The van der Waals surface area contributed by atoms with Crippen LogP contribution >= 0.6 is 0 Å². The van der Waals surface area contributed by atoms with E-state index in [1.165, 1.54) is 11.3 Å². The molecule has 1 atom stereocenters. The van der Waals surface area contributed by atoms with Gasteiger partial charge in [0.1, 0.15) is 0 Å². The Morgan fingerprint density at radius 1 is 1.46 bits per heavy atom. The molecule has 2 rings (SSSR count). The zero-order valence-electron chi connectivity index (χ0n) is 8.03. The third-order valence-electron chi connectivity index (χ3n) is 2.59. The summed E-state index contributed by atoms with van der Waals surface area (Å²) in [5, 5.41) is 0. The highest BCUT2D eigenvalue weighted by Crippen LogP contribution is 2.20. The van der Waals surface area contributed by atoms with E-state index in [0.29, 0.717) is 6.04 Å². The largest absolute Gasteiger partial charge is 0.370 e. The number of hydrogen-bond acceptors (Lipinski definition) is 2. The summed E-state index contributed by atoms with van der Waals surface area (Å²) < 4.78 is 0. The fraction of sp³-hybridized carbons (Fsp3) is 0.455. The zero-order valence-corrected chi connectivity index (χ0v) is 8.03. The van der Waals surface area contributed by atoms with Gasteiger partial charge in [0.25, 0.3) is 0 Å². The van der Waals surface area contributed by atoms with E-state index in [1.807, 2.05) is 0 Å². The molecule has 0 saturated carbocycles. The van der Waals surface area contributed by atoms with Crippen molar-refractivity contribution in [1.29, 1.82) is 0 Å². The first-order valence-corrected chi connectivity index (χ1v) is 4.83. The molecule has 1 heterocycles. The van der Waals surface area contributed by atoms with E-state index in [9.17, 15) is 0 Å². The van der Waals surface area contributed by atoms with Crippen LogP contribution in [0.4, 0.5) is 5.69 Å². The van der Waals surface area contributed by atoms with Crippen molar-refractivity contribution in [2.24, 2.45) is 5.73 Å². The summed E-state index contributed by atoms with van der Waals surface area (Å²) in [6.45, 7) is 4.23. The Bertz CT molecular complexity index is 296. The minimum atomic E-state index is 0.362. The van der Waals surface area contributed by atoms with E-state index in [0.717, 1.165) is 19.5 Å². The zero-order chi connectivity index (χ0) is 9.26. The van der Waals surface area contributed by atoms with Crippen LogP contribution in [0.25, 0.3) is 0 Å². The van der Waals surface area contributed by atoms with E-state index in [4.69, 9.17) is 5.73 Å². The fourth-order valence-corrected chi connectivity index (χ4v) is 1.85. The standard InChI is InChI=1S/C11H16N2/c1-9-3-2-4-11(7-9)13-6-5-10(12)8-13/h2-4,7,10H,5-6,8,12H2,1H3. The van der Waals surface area contributed by atoms with Crippen LogP contribution in [0, 0.1) is 6.92 Å². The van der Waals surface area contributed by atoms with Gasteiger partial charge in [-0.05, 0) is 31.0 Å². The van der Waals surface area contributed by atoms with Crippen LogP contribution in [0.15, 0.2) is 24.3 Å². The van der Waals surface area contributed by atoms with Gasteiger partial charge < -0.3 is 10.6 Å². The van der Waals surface area contributed by atoms with Crippen molar-refractivity contribution in [3.8, 4) is 0 Å². The molecular weight excluding hydrogens is 160 g/mol. The van der Waals surface area contributed by atoms with Crippen LogP contribution in [0.2, 0.25) is 0 Å². The van der Waals surface area contributed by atoms with E-state index >= 15 is 0 Å². The molecule has 1 aliphatic heterocycles. The fourth-order valence-electron chi connectivity index (χ4n) is 1.85. The van der Waals surface area contributed by atoms with Crippen LogP contribution in [0.1, 0.15) is 12.0 Å². The van der Waals surface area contributed by atoms with Crippen LogP contribution in [-0.4, -0.2) is 19.1 Å². The summed E-state index contributed by atoms with van der Waals surface area (Å²) in [5.74, 6) is 0. The van der Waals surface area contributed by atoms with Gasteiger partial charge in [-0.1, -0.05) is 12.1 Å². The van der Waals surface area contributed by atoms with Crippen molar-refractivity contribution in [3.05, 3.63) is 29.8 Å². The van der Waals surface area contributed by atoms with Crippen molar-refractivity contribution < 1.29 is 0 Å². The molecule has 70 valence electrons. The van der Waals surface area contributed by atoms with E-state index in [1.54, 1.807) is 0 Å². The molecule has 1 unspecified atom stereocenters. The Morgan fingerprint density at radius 3 is 2.92 bits per heavy atom. The Kier molecular flexibility index (Phi) is 2.23. The summed E-state index contributed by atoms with van der Waals surface area (Å²) in [4.78, 5) is 2.36. The molecule has 1 fully saturated rings. The van der Waals surface area contributed by atoms with Crippen molar-refractivity contribution >= 4 is 5.69 Å². The summed E-state index contributed by atoms with van der Waals surface area (Å²) in [6.07, 6.45) is 1.12. The maximum absolute atomic E-state index is 5.86. The van der Waals surface area contributed by atoms with Crippen molar-refractivity contribution in [1.82, 2.24) is 0 Å². The third-order valence-corrected chi connectivity index (χ3v) is 2.59. The molecule has 2 N–H and O–H groups in total. The number of benzene rings is 1. The molecule has 1 aliphatic rings. The highest BCUT2D eigenvalue weighted by molar-refractivity contribution is 5.49. The molecule has 13 heavy (non-hydrogen) atoms. The van der Waals surface area contributed by atoms with Gasteiger partial charge in [-0.15, -0.1) is 0 Å². The van der Waals surface area contributed by atoms with Gasteiger partial charge >= 0.3 is 0 Å². The first kappa shape index (κ1) is 8.57. The van der Waals surface area contributed by atoms with Crippen molar-refractivity contribution in [2.45, 2.75) is 19.4 Å². The molecule has 0 aliphatic carbocycles. The molecule has 0 aromatic heterocycles. The third kappa shape index (κ3) is 1.83. The van der Waals surface area contributed by atoms with Gasteiger partial charge in [0.15, 0.2) is 0 Å². The average Bonchev–Trinajstić information content (AvgIpc) is 2.52. The molecule has 1 saturated heterocycles. The van der Waals surface area contributed by atoms with Gasteiger partial charge in [-0.2, -0.15) is 0 Å². The lowest BCUT2D eigenvalue weighted by atomic mass is 10.2. The van der Waals surface area contributed by atoms with Crippen LogP contribution < -0.4 is 10.6 Å². The summed E-state index contributed by atoms with van der Waals surface area (Å²) in [6, 6.07) is 8.97. The average molecular weight is 176 g/mol. The number of hydrogen-bond donors (Lipinski definition) is 1. The van der Waals surface area contributed by atoms with E-state index < -0.39 is 0 Å². The van der Waals surface area contributed by atoms with Gasteiger partial charge in [0.05, 0.1) is 0 Å². The predicted octanol–water partition coefficient (Wildman–Crippen LogP) is 1.53. The minimum absolute atomic E-state index is 0.362. The Morgan fingerprint density at radius 2 is 2.31 bits per heavy atom. The molecule has 0 spiro atoms. The van der Waals surface area contributed by atoms with Gasteiger partial charge in [-0.3, -0.25) is 0 Å². The highest BCUT2D eigenvalue weighted by Gasteiger charge is 2.18. The molecule has 1 aromatic carbocycles. The number of nitrogens with zero attached hydrogens (tertiary/aromatic N) is 1. The second-order valence-corrected chi connectivity index (χ2v) is 3.83. The summed E-state index contributed by atoms with van der Waals surface area (Å²) in [7, 11) is 0. The SMILES string of the molecule is Cc1cccc(N2CCC(N)C2)c1. The number of rotatable bonds is 1. The van der Waals surface area contributed by atoms with Crippen LogP contribution in [0.5, 0.6) is 0 Å². The molecule has 2 heteroatoms. The minimum Gasteiger partial charge on any atom is -0.370 e. The number of nitrogens with two attached hydrogens (primary N) is 1.